The van der Waals surface area contributed by atoms with Gasteiger partial charge in [0.25, 0.3) is 5.69 Å². The first-order valence-corrected chi connectivity index (χ1v) is 10.7. The summed E-state index contributed by atoms with van der Waals surface area (Å²) in [6.45, 7) is 6.22. The summed E-state index contributed by atoms with van der Waals surface area (Å²) < 4.78 is 0. The van der Waals surface area contributed by atoms with Crippen LogP contribution in [-0.4, -0.2) is 20.9 Å². The molecule has 32 heavy (non-hydrogen) atoms. The number of aromatic nitrogens is 2. The minimum Gasteiger partial charge on any atom is -0.342 e. The van der Waals surface area contributed by atoms with Crippen LogP contribution in [0, 0.1) is 22.5 Å². The highest BCUT2D eigenvalue weighted by Crippen LogP contribution is 2.50. The second-order valence-corrected chi connectivity index (χ2v) is 9.47. The van der Waals surface area contributed by atoms with Gasteiger partial charge in [-0.1, -0.05) is 55.8 Å². The van der Waals surface area contributed by atoms with Crippen molar-refractivity contribution in [3.05, 3.63) is 86.6 Å². The van der Waals surface area contributed by atoms with Crippen molar-refractivity contribution in [1.29, 1.82) is 0 Å². The van der Waals surface area contributed by atoms with E-state index in [1.54, 1.807) is 12.1 Å². The number of nitro benzene ring substituents is 1. The Labute approximate surface area is 185 Å². The second kappa shape index (κ2) is 7.15. The minimum atomic E-state index is -0.411. The summed E-state index contributed by atoms with van der Waals surface area (Å²) in [5.41, 5.74) is 6.23. The van der Waals surface area contributed by atoms with E-state index in [0.29, 0.717) is 12.2 Å². The van der Waals surface area contributed by atoms with Crippen molar-refractivity contribution < 1.29 is 9.72 Å². The third-order valence-electron chi connectivity index (χ3n) is 6.35. The molecule has 0 amide bonds. The smallest absolute Gasteiger partial charge is 0.269 e. The molecule has 7 nitrogen and oxygen atoms in total. The van der Waals surface area contributed by atoms with Gasteiger partial charge in [0.05, 0.1) is 10.6 Å². The molecule has 2 aliphatic rings. The van der Waals surface area contributed by atoms with E-state index >= 15 is 0 Å². The second-order valence-electron chi connectivity index (χ2n) is 9.47. The number of Topliss-reactive ketones (excluding diaryl/α,β-unsaturated/α-hetero) is 1. The Morgan fingerprint density at radius 1 is 1.06 bits per heavy atom. The molecule has 1 aliphatic heterocycles. The fourth-order valence-electron chi connectivity index (χ4n) is 4.86. The average molecular weight is 428 g/mol. The number of rotatable bonds is 3. The number of ketones is 1. The molecule has 0 saturated carbocycles. The van der Waals surface area contributed by atoms with Crippen LogP contribution in [0.2, 0.25) is 0 Å². The zero-order chi connectivity index (χ0) is 22.6. The summed E-state index contributed by atoms with van der Waals surface area (Å²) in [6.07, 6.45) is 1.20. The molecule has 0 radical (unpaired) electrons. The van der Waals surface area contributed by atoms with Gasteiger partial charge in [0.1, 0.15) is 0 Å². The highest BCUT2D eigenvalue weighted by atomic mass is 16.6. The number of hydrogen-bond acceptors (Lipinski definition) is 5. The van der Waals surface area contributed by atoms with Crippen LogP contribution >= 0.6 is 0 Å². The van der Waals surface area contributed by atoms with Gasteiger partial charge in [-0.15, -0.1) is 0 Å². The Morgan fingerprint density at radius 2 is 1.75 bits per heavy atom. The van der Waals surface area contributed by atoms with Crippen molar-refractivity contribution in [1.82, 2.24) is 10.2 Å². The number of H-pyrrole nitrogens is 1. The normalized spacial score (nSPS) is 19.2. The van der Waals surface area contributed by atoms with Crippen molar-refractivity contribution in [2.45, 2.75) is 39.5 Å². The van der Waals surface area contributed by atoms with Crippen molar-refractivity contribution in [2.24, 2.45) is 5.41 Å². The molecule has 1 aliphatic carbocycles. The number of carbonyl (C=O) groups is 1. The maximum Gasteiger partial charge on any atom is 0.269 e. The predicted molar refractivity (Wildman–Crippen MR) is 122 cm³/mol. The van der Waals surface area contributed by atoms with E-state index in [0.717, 1.165) is 45.6 Å². The molecular weight excluding hydrogens is 404 g/mol. The molecule has 3 aromatic rings. The number of nitrogens with one attached hydrogen (secondary N) is 2. The summed E-state index contributed by atoms with van der Waals surface area (Å²) in [5, 5.41) is 22.3. The summed E-state index contributed by atoms with van der Waals surface area (Å²) >= 11 is 0. The van der Waals surface area contributed by atoms with Gasteiger partial charge in [0, 0.05) is 41.3 Å². The average Bonchev–Trinajstić information content (AvgIpc) is 3.15. The van der Waals surface area contributed by atoms with Gasteiger partial charge < -0.3 is 5.32 Å². The lowest BCUT2D eigenvalue weighted by Crippen LogP contribution is -2.33. The number of nitrogens with zero attached hydrogens (tertiary/aromatic N) is 2. The molecule has 1 atom stereocenters. The van der Waals surface area contributed by atoms with Gasteiger partial charge in [-0.2, -0.15) is 5.10 Å². The maximum atomic E-state index is 13.4. The Hall–Kier alpha value is -3.74. The molecule has 0 saturated heterocycles. The summed E-state index contributed by atoms with van der Waals surface area (Å²) in [6, 6.07) is 14.7. The van der Waals surface area contributed by atoms with E-state index in [1.165, 1.54) is 12.1 Å². The van der Waals surface area contributed by atoms with Gasteiger partial charge >= 0.3 is 0 Å². The van der Waals surface area contributed by atoms with Crippen LogP contribution in [0.25, 0.3) is 11.3 Å². The van der Waals surface area contributed by atoms with E-state index in [9.17, 15) is 14.9 Å². The largest absolute Gasteiger partial charge is 0.342 e. The molecule has 0 unspecified atom stereocenters. The number of carbonyl (C=O) groups excluding carboxylic acids is 1. The van der Waals surface area contributed by atoms with Crippen LogP contribution in [0.4, 0.5) is 11.5 Å². The molecule has 2 heterocycles. The number of anilines is 1. The monoisotopic (exact) mass is 428 g/mol. The van der Waals surface area contributed by atoms with Gasteiger partial charge in [-0.25, -0.2) is 0 Å². The fraction of sp³-hybridized carbons (Fsp3) is 0.280. The third kappa shape index (κ3) is 3.30. The van der Waals surface area contributed by atoms with Crippen LogP contribution in [0.1, 0.15) is 49.3 Å². The number of fused-ring (bicyclic) bond motifs is 1. The van der Waals surface area contributed by atoms with Crippen LogP contribution in [0.3, 0.4) is 0 Å². The Morgan fingerprint density at radius 3 is 2.41 bits per heavy atom. The van der Waals surface area contributed by atoms with E-state index < -0.39 is 4.92 Å². The Balaban J connectivity index is 1.71. The number of aromatic amines is 1. The molecular formula is C25H24N4O3. The Bertz CT molecular complexity index is 1270. The molecule has 5 rings (SSSR count). The number of hydrogen-bond donors (Lipinski definition) is 2. The van der Waals surface area contributed by atoms with E-state index in [2.05, 4.69) is 29.4 Å². The zero-order valence-electron chi connectivity index (χ0n) is 18.2. The lowest BCUT2D eigenvalue weighted by Gasteiger charge is -2.38. The molecule has 0 fully saturated rings. The first kappa shape index (κ1) is 20.2. The lowest BCUT2D eigenvalue weighted by molar-refractivity contribution is -0.384. The van der Waals surface area contributed by atoms with Crippen molar-refractivity contribution >= 4 is 17.3 Å². The van der Waals surface area contributed by atoms with Gasteiger partial charge in [0.2, 0.25) is 0 Å². The fourth-order valence-corrected chi connectivity index (χ4v) is 4.86. The van der Waals surface area contributed by atoms with Crippen molar-refractivity contribution in [3.8, 4) is 11.3 Å². The lowest BCUT2D eigenvalue weighted by atomic mass is 9.69. The SMILES string of the molecule is Cc1ccc(-c2[nH]nc3c2[C@@H](c2ccc([N+](=O)[O-])cc2)C2=C(CC(C)(C)CC2=O)N3)cc1. The van der Waals surface area contributed by atoms with E-state index in [4.69, 9.17) is 0 Å². The van der Waals surface area contributed by atoms with Crippen LogP contribution in [0.5, 0.6) is 0 Å². The van der Waals surface area contributed by atoms with Crippen LogP contribution in [-0.2, 0) is 4.79 Å². The minimum absolute atomic E-state index is 0.0270. The number of aryl methyl sites for hydroxylation is 1. The van der Waals surface area contributed by atoms with Crippen LogP contribution in [0.15, 0.2) is 59.8 Å². The standard InChI is InChI=1S/C25H24N4O3/c1-14-4-6-16(7-5-14)23-22-20(15-8-10-17(11-9-15)29(31)32)21-18(26-24(22)28-27-23)12-25(2,3)13-19(21)30/h4-11,20H,12-13H2,1-3H3,(H2,26,27,28)/t20-/m0/s1. The molecule has 0 spiro atoms. The quantitative estimate of drug-likeness (QED) is 0.424. The summed E-state index contributed by atoms with van der Waals surface area (Å²) in [4.78, 5) is 24.2. The molecule has 1 aromatic heterocycles. The molecule has 162 valence electrons. The number of benzene rings is 2. The number of allylic oxidation sites excluding steroid dienone is 2. The van der Waals surface area contributed by atoms with Gasteiger partial charge in [-0.05, 0) is 29.9 Å². The predicted octanol–water partition coefficient (Wildman–Crippen LogP) is 5.49. The zero-order valence-corrected chi connectivity index (χ0v) is 18.2. The van der Waals surface area contributed by atoms with Crippen LogP contribution < -0.4 is 5.32 Å². The highest BCUT2D eigenvalue weighted by Gasteiger charge is 2.42. The Kier molecular flexibility index (Phi) is 4.51. The highest BCUT2D eigenvalue weighted by molar-refractivity contribution is 6.02. The maximum absolute atomic E-state index is 13.4. The summed E-state index contributed by atoms with van der Waals surface area (Å²) in [7, 11) is 0. The van der Waals surface area contributed by atoms with E-state index in [1.807, 2.05) is 31.2 Å². The first-order valence-electron chi connectivity index (χ1n) is 10.7. The first-order chi connectivity index (χ1) is 15.2. The van der Waals surface area contributed by atoms with Crippen molar-refractivity contribution in [2.75, 3.05) is 5.32 Å². The van der Waals surface area contributed by atoms with Crippen molar-refractivity contribution in [3.63, 3.8) is 0 Å². The number of non-ortho nitro benzene ring substituents is 1. The molecule has 2 N–H and O–H groups in total. The molecule has 0 bridgehead atoms. The van der Waals surface area contributed by atoms with Gasteiger partial charge in [-0.3, -0.25) is 20.0 Å². The molecule has 2 aromatic carbocycles. The summed E-state index contributed by atoms with van der Waals surface area (Å²) in [5.74, 6) is 0.461. The van der Waals surface area contributed by atoms with Gasteiger partial charge in [0.15, 0.2) is 11.6 Å². The molecule has 7 heteroatoms. The number of nitro groups is 1. The topological polar surface area (TPSA) is 101 Å². The van der Waals surface area contributed by atoms with E-state index in [-0.39, 0.29) is 22.8 Å². The third-order valence-corrected chi connectivity index (χ3v) is 6.35.